The molecule has 0 unspecified atom stereocenters. The average molecular weight is 294 g/mol. The molecule has 1 N–H and O–H groups in total. The Hall–Kier alpha value is -2.07. The van der Waals surface area contributed by atoms with Crippen LogP contribution < -0.4 is 0 Å². The minimum absolute atomic E-state index is 0.0693. The Bertz CT molecular complexity index is 646. The van der Waals surface area contributed by atoms with Crippen molar-refractivity contribution in [2.24, 2.45) is 0 Å². The van der Waals surface area contributed by atoms with Crippen molar-refractivity contribution < 1.29 is 14.3 Å². The molecule has 0 fully saturated rings. The molecule has 2 aromatic carbocycles. The van der Waals surface area contributed by atoms with E-state index in [0.717, 1.165) is 11.6 Å². The molecule has 0 aliphatic carbocycles. The van der Waals surface area contributed by atoms with Crippen molar-refractivity contribution in [2.75, 3.05) is 7.05 Å². The second kappa shape index (κ2) is 5.92. The quantitative estimate of drug-likeness (QED) is 0.941. The van der Waals surface area contributed by atoms with E-state index in [4.69, 9.17) is 11.6 Å². The van der Waals surface area contributed by atoms with Crippen LogP contribution in [0.4, 0.5) is 4.39 Å². The lowest BCUT2D eigenvalue weighted by Crippen LogP contribution is -2.27. The first kappa shape index (κ1) is 14.3. The van der Waals surface area contributed by atoms with Gasteiger partial charge in [-0.3, -0.25) is 4.79 Å². The fourth-order valence-electron chi connectivity index (χ4n) is 1.87. The molecule has 0 bridgehead atoms. The van der Waals surface area contributed by atoms with Gasteiger partial charge >= 0.3 is 0 Å². The predicted octanol–water partition coefficient (Wildman–Crippen LogP) is 3.46. The van der Waals surface area contributed by atoms with E-state index in [1.807, 2.05) is 0 Å². The van der Waals surface area contributed by atoms with Crippen molar-refractivity contribution in [3.8, 4) is 5.75 Å². The Morgan fingerprint density at radius 1 is 1.30 bits per heavy atom. The Labute approximate surface area is 121 Å². The Morgan fingerprint density at radius 2 is 2.05 bits per heavy atom. The van der Waals surface area contributed by atoms with E-state index >= 15 is 0 Å². The highest BCUT2D eigenvalue weighted by atomic mass is 35.5. The fraction of sp³-hybridized carbons (Fsp3) is 0.133. The molecule has 2 aromatic rings. The van der Waals surface area contributed by atoms with Crippen LogP contribution in [0.15, 0.2) is 42.5 Å². The van der Waals surface area contributed by atoms with Crippen LogP contribution in [-0.4, -0.2) is 23.0 Å². The number of phenolic OH excluding ortho intramolecular Hbond substituents is 1. The zero-order valence-corrected chi connectivity index (χ0v) is 11.6. The monoisotopic (exact) mass is 293 g/mol. The van der Waals surface area contributed by atoms with Crippen LogP contribution >= 0.6 is 11.6 Å². The van der Waals surface area contributed by atoms with Crippen molar-refractivity contribution in [3.05, 3.63) is 64.4 Å². The van der Waals surface area contributed by atoms with Gasteiger partial charge in [0.25, 0.3) is 5.91 Å². The highest BCUT2D eigenvalue weighted by molar-refractivity contribution is 6.30. The van der Waals surface area contributed by atoms with Crippen LogP contribution in [0.2, 0.25) is 5.02 Å². The third kappa shape index (κ3) is 3.27. The molecule has 0 saturated carbocycles. The van der Waals surface area contributed by atoms with E-state index in [1.165, 1.54) is 17.0 Å². The zero-order valence-electron chi connectivity index (χ0n) is 10.8. The predicted molar refractivity (Wildman–Crippen MR) is 75.3 cm³/mol. The lowest BCUT2D eigenvalue weighted by atomic mass is 10.1. The Balaban J connectivity index is 2.18. The molecule has 0 saturated heterocycles. The third-order valence-electron chi connectivity index (χ3n) is 2.84. The zero-order chi connectivity index (χ0) is 14.7. The Morgan fingerprint density at radius 3 is 2.75 bits per heavy atom. The molecule has 0 heterocycles. The summed E-state index contributed by atoms with van der Waals surface area (Å²) in [5.41, 5.74) is 0.684. The van der Waals surface area contributed by atoms with E-state index < -0.39 is 11.7 Å². The van der Waals surface area contributed by atoms with Crippen LogP contribution in [0.3, 0.4) is 0 Å². The molecule has 0 aliphatic heterocycles. The minimum atomic E-state index is -0.609. The maximum absolute atomic E-state index is 13.6. The van der Waals surface area contributed by atoms with Crippen LogP contribution in [-0.2, 0) is 6.54 Å². The molecular formula is C15H13ClFNO2. The van der Waals surface area contributed by atoms with Gasteiger partial charge in [0.1, 0.15) is 11.6 Å². The van der Waals surface area contributed by atoms with Gasteiger partial charge < -0.3 is 10.0 Å². The summed E-state index contributed by atoms with van der Waals surface area (Å²) in [7, 11) is 1.56. The van der Waals surface area contributed by atoms with Crippen molar-refractivity contribution in [2.45, 2.75) is 6.54 Å². The number of nitrogens with zero attached hydrogens (tertiary/aromatic N) is 1. The molecule has 0 aromatic heterocycles. The van der Waals surface area contributed by atoms with E-state index in [-0.39, 0.29) is 17.9 Å². The van der Waals surface area contributed by atoms with E-state index in [1.54, 1.807) is 31.3 Å². The summed E-state index contributed by atoms with van der Waals surface area (Å²) in [4.78, 5) is 13.5. The second-order valence-corrected chi connectivity index (χ2v) is 4.89. The van der Waals surface area contributed by atoms with Gasteiger partial charge in [0.2, 0.25) is 0 Å². The van der Waals surface area contributed by atoms with E-state index in [9.17, 15) is 14.3 Å². The van der Waals surface area contributed by atoms with Gasteiger partial charge in [-0.2, -0.15) is 0 Å². The molecule has 20 heavy (non-hydrogen) atoms. The normalized spacial score (nSPS) is 10.3. The van der Waals surface area contributed by atoms with Crippen molar-refractivity contribution >= 4 is 17.5 Å². The average Bonchev–Trinajstić information content (AvgIpc) is 2.40. The molecule has 1 amide bonds. The SMILES string of the molecule is CN(Cc1cccc(O)c1)C(=O)c1cc(Cl)ccc1F. The molecule has 3 nitrogen and oxygen atoms in total. The summed E-state index contributed by atoms with van der Waals surface area (Å²) in [6.07, 6.45) is 0. The van der Waals surface area contributed by atoms with Crippen molar-refractivity contribution in [1.29, 1.82) is 0 Å². The minimum Gasteiger partial charge on any atom is -0.508 e. The number of halogens is 2. The van der Waals surface area contributed by atoms with Gasteiger partial charge in [-0.1, -0.05) is 23.7 Å². The summed E-state index contributed by atoms with van der Waals surface area (Å²) in [5.74, 6) is -0.951. The summed E-state index contributed by atoms with van der Waals surface area (Å²) in [6, 6.07) is 10.4. The van der Waals surface area contributed by atoms with Crippen molar-refractivity contribution in [1.82, 2.24) is 4.90 Å². The number of benzene rings is 2. The highest BCUT2D eigenvalue weighted by Crippen LogP contribution is 2.18. The summed E-state index contributed by atoms with van der Waals surface area (Å²) >= 11 is 5.78. The number of aromatic hydroxyl groups is 1. The molecule has 0 spiro atoms. The van der Waals surface area contributed by atoms with Gasteiger partial charge in [-0.15, -0.1) is 0 Å². The maximum Gasteiger partial charge on any atom is 0.256 e. The van der Waals surface area contributed by atoms with Crippen LogP contribution in [0, 0.1) is 5.82 Å². The number of carbonyl (C=O) groups is 1. The van der Waals surface area contributed by atoms with Crippen molar-refractivity contribution in [3.63, 3.8) is 0 Å². The van der Waals surface area contributed by atoms with Gasteiger partial charge in [0.05, 0.1) is 5.56 Å². The molecule has 0 aliphatic rings. The number of hydrogen-bond acceptors (Lipinski definition) is 2. The van der Waals surface area contributed by atoms with Crippen LogP contribution in [0.25, 0.3) is 0 Å². The highest BCUT2D eigenvalue weighted by Gasteiger charge is 2.17. The largest absolute Gasteiger partial charge is 0.508 e. The molecular weight excluding hydrogens is 281 g/mol. The number of carbonyl (C=O) groups excluding carboxylic acids is 1. The lowest BCUT2D eigenvalue weighted by molar-refractivity contribution is 0.0780. The number of hydrogen-bond donors (Lipinski definition) is 1. The number of amides is 1. The molecule has 104 valence electrons. The number of rotatable bonds is 3. The Kier molecular flexibility index (Phi) is 4.25. The van der Waals surface area contributed by atoms with E-state index in [2.05, 4.69) is 0 Å². The number of phenols is 1. The molecule has 0 radical (unpaired) electrons. The first-order chi connectivity index (χ1) is 9.47. The molecule has 0 atom stereocenters. The summed E-state index contributed by atoms with van der Waals surface area (Å²) < 4.78 is 13.6. The summed E-state index contributed by atoms with van der Waals surface area (Å²) in [6.45, 7) is 0.263. The smallest absolute Gasteiger partial charge is 0.256 e. The topological polar surface area (TPSA) is 40.5 Å². The molecule has 2 rings (SSSR count). The van der Waals surface area contributed by atoms with Gasteiger partial charge in [0.15, 0.2) is 0 Å². The molecule has 5 heteroatoms. The van der Waals surface area contributed by atoms with Gasteiger partial charge in [-0.25, -0.2) is 4.39 Å². The standard InChI is InChI=1S/C15H13ClFNO2/c1-18(9-10-3-2-4-12(19)7-10)15(20)13-8-11(16)5-6-14(13)17/h2-8,19H,9H2,1H3. The third-order valence-corrected chi connectivity index (χ3v) is 3.07. The van der Waals surface area contributed by atoms with Gasteiger partial charge in [-0.05, 0) is 35.9 Å². The van der Waals surface area contributed by atoms with Crippen LogP contribution in [0.5, 0.6) is 5.75 Å². The van der Waals surface area contributed by atoms with Crippen LogP contribution in [0.1, 0.15) is 15.9 Å². The first-order valence-corrected chi connectivity index (χ1v) is 6.33. The second-order valence-electron chi connectivity index (χ2n) is 4.46. The van der Waals surface area contributed by atoms with E-state index in [0.29, 0.717) is 5.02 Å². The summed E-state index contributed by atoms with van der Waals surface area (Å²) in [5, 5.41) is 9.69. The lowest BCUT2D eigenvalue weighted by Gasteiger charge is -2.18. The fourth-order valence-corrected chi connectivity index (χ4v) is 2.04. The van der Waals surface area contributed by atoms with Gasteiger partial charge in [0, 0.05) is 18.6 Å². The first-order valence-electron chi connectivity index (χ1n) is 5.96. The maximum atomic E-state index is 13.6.